The summed E-state index contributed by atoms with van der Waals surface area (Å²) in [6.45, 7) is 6.75. The Labute approximate surface area is 179 Å². The maximum Gasteiger partial charge on any atom is 0.191 e. The lowest BCUT2D eigenvalue weighted by atomic mass is 10.1. The van der Waals surface area contributed by atoms with Crippen molar-refractivity contribution < 1.29 is 4.39 Å². The first kappa shape index (κ1) is 23.4. The molecular weight excluding hydrogens is 454 g/mol. The van der Waals surface area contributed by atoms with Crippen molar-refractivity contribution in [2.24, 2.45) is 4.99 Å². The van der Waals surface area contributed by atoms with Crippen LogP contribution >= 0.6 is 24.0 Å². The van der Waals surface area contributed by atoms with Crippen LogP contribution in [0.3, 0.4) is 0 Å². The fourth-order valence-electron chi connectivity index (χ4n) is 2.63. The van der Waals surface area contributed by atoms with Gasteiger partial charge in [0.15, 0.2) is 5.96 Å². The Morgan fingerprint density at radius 3 is 2.22 bits per heavy atom. The van der Waals surface area contributed by atoms with Gasteiger partial charge in [-0.15, -0.1) is 24.0 Å². The zero-order valence-electron chi connectivity index (χ0n) is 16.6. The molecule has 0 aliphatic rings. The molecule has 0 saturated carbocycles. The molecule has 2 aromatic carbocycles. The molecule has 148 valence electrons. The van der Waals surface area contributed by atoms with Gasteiger partial charge in [-0.1, -0.05) is 36.4 Å². The normalized spacial score (nSPS) is 11.3. The number of nitrogens with one attached hydrogen (secondary N) is 2. The van der Waals surface area contributed by atoms with Crippen LogP contribution in [-0.2, 0) is 19.6 Å². The molecule has 0 aromatic heterocycles. The summed E-state index contributed by atoms with van der Waals surface area (Å²) in [6.07, 6.45) is 0. The quantitative estimate of drug-likeness (QED) is 0.354. The number of hydrogen-bond donors (Lipinski definition) is 2. The average Bonchev–Trinajstić information content (AvgIpc) is 2.61. The smallest absolute Gasteiger partial charge is 0.191 e. The first-order valence-electron chi connectivity index (χ1n) is 8.97. The fraction of sp³-hybridized carbons (Fsp3) is 0.381. The van der Waals surface area contributed by atoms with E-state index < -0.39 is 0 Å². The summed E-state index contributed by atoms with van der Waals surface area (Å²) < 4.78 is 13.4. The van der Waals surface area contributed by atoms with E-state index in [0.717, 1.165) is 24.6 Å². The van der Waals surface area contributed by atoms with Crippen LogP contribution in [0.15, 0.2) is 47.5 Å². The number of rotatable bonds is 7. The molecule has 6 heteroatoms. The van der Waals surface area contributed by atoms with Crippen molar-refractivity contribution in [3.05, 3.63) is 70.5 Å². The highest BCUT2D eigenvalue weighted by atomic mass is 127. The summed E-state index contributed by atoms with van der Waals surface area (Å²) in [5.41, 5.74) is 4.14. The molecule has 0 bridgehead atoms. The number of aliphatic imine (C=N–C) groups is 1. The number of nitrogens with zero attached hydrogens (tertiary/aromatic N) is 2. The van der Waals surface area contributed by atoms with Gasteiger partial charge in [-0.05, 0) is 56.3 Å². The lowest BCUT2D eigenvalue weighted by Crippen LogP contribution is -2.36. The lowest BCUT2D eigenvalue weighted by Gasteiger charge is -2.13. The van der Waals surface area contributed by atoms with Gasteiger partial charge in [-0.2, -0.15) is 0 Å². The van der Waals surface area contributed by atoms with Crippen LogP contribution in [0.25, 0.3) is 0 Å². The van der Waals surface area contributed by atoms with Crippen LogP contribution in [0, 0.1) is 12.7 Å². The number of hydrogen-bond acceptors (Lipinski definition) is 2. The Kier molecular flexibility index (Phi) is 10.3. The van der Waals surface area contributed by atoms with Gasteiger partial charge in [0, 0.05) is 19.6 Å². The largest absolute Gasteiger partial charge is 0.357 e. The average molecular weight is 484 g/mol. The van der Waals surface area contributed by atoms with E-state index in [1.165, 1.54) is 17.2 Å². The Bertz CT molecular complexity index is 729. The third-order valence-electron chi connectivity index (χ3n) is 3.97. The highest BCUT2D eigenvalue weighted by Crippen LogP contribution is 2.10. The lowest BCUT2D eigenvalue weighted by molar-refractivity contribution is 0.402. The van der Waals surface area contributed by atoms with Gasteiger partial charge >= 0.3 is 0 Å². The molecule has 0 saturated heterocycles. The van der Waals surface area contributed by atoms with Crippen molar-refractivity contribution in [3.63, 3.8) is 0 Å². The van der Waals surface area contributed by atoms with Crippen molar-refractivity contribution in [2.75, 3.05) is 20.6 Å². The second-order valence-electron chi connectivity index (χ2n) is 6.69. The van der Waals surface area contributed by atoms with Crippen LogP contribution in [0.2, 0.25) is 0 Å². The van der Waals surface area contributed by atoms with Crippen LogP contribution in [0.1, 0.15) is 29.2 Å². The van der Waals surface area contributed by atoms with Gasteiger partial charge in [0.1, 0.15) is 5.82 Å². The monoisotopic (exact) mass is 484 g/mol. The molecule has 4 nitrogen and oxygen atoms in total. The summed E-state index contributed by atoms with van der Waals surface area (Å²) in [6, 6.07) is 13.7. The first-order chi connectivity index (χ1) is 12.5. The molecule has 2 rings (SSSR count). The second kappa shape index (κ2) is 11.9. The molecular formula is C21H30FIN4. The van der Waals surface area contributed by atoms with E-state index in [1.54, 1.807) is 13.0 Å². The van der Waals surface area contributed by atoms with E-state index in [4.69, 9.17) is 0 Å². The molecule has 0 fully saturated rings. The number of benzene rings is 2. The van der Waals surface area contributed by atoms with Gasteiger partial charge < -0.3 is 15.5 Å². The zero-order chi connectivity index (χ0) is 18.9. The molecule has 0 atom stereocenters. The van der Waals surface area contributed by atoms with E-state index >= 15 is 0 Å². The maximum absolute atomic E-state index is 13.4. The number of halogens is 2. The topological polar surface area (TPSA) is 39.7 Å². The number of aryl methyl sites for hydroxylation is 1. The Morgan fingerprint density at radius 2 is 1.63 bits per heavy atom. The minimum atomic E-state index is -0.180. The van der Waals surface area contributed by atoms with Gasteiger partial charge in [0.05, 0.1) is 6.54 Å². The van der Waals surface area contributed by atoms with Gasteiger partial charge in [-0.25, -0.2) is 9.38 Å². The van der Waals surface area contributed by atoms with Crippen molar-refractivity contribution in [3.8, 4) is 0 Å². The van der Waals surface area contributed by atoms with Gasteiger partial charge in [0.25, 0.3) is 0 Å². The molecule has 27 heavy (non-hydrogen) atoms. The van der Waals surface area contributed by atoms with Crippen molar-refractivity contribution >= 4 is 29.9 Å². The van der Waals surface area contributed by atoms with Crippen molar-refractivity contribution in [2.45, 2.75) is 33.5 Å². The van der Waals surface area contributed by atoms with Crippen LogP contribution < -0.4 is 10.6 Å². The summed E-state index contributed by atoms with van der Waals surface area (Å²) >= 11 is 0. The minimum absolute atomic E-state index is 0. The molecule has 2 aromatic rings. The number of guanidine groups is 1. The molecule has 0 heterocycles. The van der Waals surface area contributed by atoms with E-state index in [2.05, 4.69) is 58.9 Å². The van der Waals surface area contributed by atoms with Gasteiger partial charge in [0.2, 0.25) is 0 Å². The standard InChI is InChI=1S/C21H29FN4.HI/c1-5-23-21(25-14-19-10-11-20(22)16(2)12-19)24-13-17-6-8-18(9-7-17)15-26(3)4;/h6-12H,5,13-15H2,1-4H3,(H2,23,24,25);1H. The van der Waals surface area contributed by atoms with Gasteiger partial charge in [-0.3, -0.25) is 0 Å². The molecule has 0 spiro atoms. The van der Waals surface area contributed by atoms with Crippen LogP contribution in [-0.4, -0.2) is 31.5 Å². The highest BCUT2D eigenvalue weighted by Gasteiger charge is 2.02. The Morgan fingerprint density at radius 1 is 1.00 bits per heavy atom. The third-order valence-corrected chi connectivity index (χ3v) is 3.97. The Balaban J connectivity index is 0.00000364. The fourth-order valence-corrected chi connectivity index (χ4v) is 2.63. The zero-order valence-corrected chi connectivity index (χ0v) is 18.9. The first-order valence-corrected chi connectivity index (χ1v) is 8.97. The van der Waals surface area contributed by atoms with Crippen LogP contribution in [0.4, 0.5) is 4.39 Å². The molecule has 0 amide bonds. The molecule has 2 N–H and O–H groups in total. The second-order valence-corrected chi connectivity index (χ2v) is 6.69. The molecule has 0 aliphatic carbocycles. The molecule has 0 aliphatic heterocycles. The summed E-state index contributed by atoms with van der Waals surface area (Å²) in [4.78, 5) is 6.74. The predicted molar refractivity (Wildman–Crippen MR) is 122 cm³/mol. The SMILES string of the molecule is CCNC(=NCc1ccc(F)c(C)c1)NCc1ccc(CN(C)C)cc1.I. The van der Waals surface area contributed by atoms with Crippen molar-refractivity contribution in [1.82, 2.24) is 15.5 Å². The highest BCUT2D eigenvalue weighted by molar-refractivity contribution is 14.0. The predicted octanol–water partition coefficient (Wildman–Crippen LogP) is 4.07. The minimum Gasteiger partial charge on any atom is -0.357 e. The maximum atomic E-state index is 13.4. The molecule has 0 unspecified atom stereocenters. The summed E-state index contributed by atoms with van der Waals surface area (Å²) in [7, 11) is 4.13. The van der Waals surface area contributed by atoms with Crippen molar-refractivity contribution in [1.29, 1.82) is 0 Å². The Hall–Kier alpha value is -1.67. The molecule has 0 radical (unpaired) electrons. The van der Waals surface area contributed by atoms with E-state index in [0.29, 0.717) is 18.7 Å². The van der Waals surface area contributed by atoms with E-state index in [1.807, 2.05) is 13.0 Å². The third kappa shape index (κ3) is 8.26. The van der Waals surface area contributed by atoms with E-state index in [9.17, 15) is 4.39 Å². The summed E-state index contributed by atoms with van der Waals surface area (Å²) in [5.74, 6) is 0.576. The summed E-state index contributed by atoms with van der Waals surface area (Å²) in [5, 5.41) is 6.59. The van der Waals surface area contributed by atoms with E-state index in [-0.39, 0.29) is 29.8 Å². The van der Waals surface area contributed by atoms with Crippen LogP contribution in [0.5, 0.6) is 0 Å².